The molecule has 144 valence electrons. The average Bonchev–Trinajstić information content (AvgIpc) is 2.58. The average molecular weight is 419 g/mol. The Morgan fingerprint density at radius 2 is 1.81 bits per heavy atom. The standard InChI is InChI=1S/C20H25Cl2NO2.ClH/c1-14(2)8-9-23-12-15-4-7-19(20(10-15)24-3)25-13-16-5-6-17(21)11-18(16)22;/h4-7,10-11,14,23H,8-9,12-13H2,1-3H3;1H. The van der Waals surface area contributed by atoms with Crippen LogP contribution in [0, 0.1) is 5.92 Å². The van der Waals surface area contributed by atoms with Crippen LogP contribution in [0.5, 0.6) is 11.5 Å². The Kier molecular flexibility index (Phi) is 10.2. The predicted molar refractivity (Wildman–Crippen MR) is 112 cm³/mol. The van der Waals surface area contributed by atoms with Gasteiger partial charge in [-0.3, -0.25) is 0 Å². The molecule has 0 radical (unpaired) electrons. The second kappa shape index (κ2) is 11.6. The Bertz CT molecular complexity index is 693. The fourth-order valence-electron chi connectivity index (χ4n) is 2.36. The minimum absolute atomic E-state index is 0. The Morgan fingerprint density at radius 3 is 2.46 bits per heavy atom. The maximum Gasteiger partial charge on any atom is 0.161 e. The van der Waals surface area contributed by atoms with Crippen molar-refractivity contribution in [2.45, 2.75) is 33.4 Å². The molecule has 0 amide bonds. The third kappa shape index (κ3) is 7.24. The van der Waals surface area contributed by atoms with Gasteiger partial charge in [0.2, 0.25) is 0 Å². The summed E-state index contributed by atoms with van der Waals surface area (Å²) >= 11 is 12.1. The van der Waals surface area contributed by atoms with Gasteiger partial charge in [0.25, 0.3) is 0 Å². The van der Waals surface area contributed by atoms with E-state index in [-0.39, 0.29) is 12.4 Å². The minimum atomic E-state index is 0. The molecule has 0 aliphatic rings. The number of benzene rings is 2. The first-order chi connectivity index (χ1) is 12.0. The van der Waals surface area contributed by atoms with E-state index < -0.39 is 0 Å². The summed E-state index contributed by atoms with van der Waals surface area (Å²) in [6.07, 6.45) is 1.17. The van der Waals surface area contributed by atoms with Gasteiger partial charge in [0, 0.05) is 22.2 Å². The Hall–Kier alpha value is -1.13. The number of rotatable bonds is 9. The zero-order valence-corrected chi connectivity index (χ0v) is 17.7. The second-order valence-electron chi connectivity index (χ2n) is 6.37. The molecule has 0 saturated carbocycles. The van der Waals surface area contributed by atoms with E-state index in [0.717, 1.165) is 24.2 Å². The van der Waals surface area contributed by atoms with E-state index in [1.54, 1.807) is 19.2 Å². The second-order valence-corrected chi connectivity index (χ2v) is 7.21. The molecule has 0 saturated heterocycles. The van der Waals surface area contributed by atoms with Gasteiger partial charge in [-0.1, -0.05) is 49.2 Å². The molecule has 6 heteroatoms. The number of hydrogen-bond acceptors (Lipinski definition) is 3. The highest BCUT2D eigenvalue weighted by Crippen LogP contribution is 2.30. The van der Waals surface area contributed by atoms with Gasteiger partial charge in [-0.2, -0.15) is 0 Å². The van der Waals surface area contributed by atoms with Gasteiger partial charge in [-0.25, -0.2) is 0 Å². The number of methoxy groups -OCH3 is 1. The summed E-state index contributed by atoms with van der Waals surface area (Å²) in [5, 5.41) is 4.65. The smallest absolute Gasteiger partial charge is 0.161 e. The van der Waals surface area contributed by atoms with Crippen LogP contribution in [0.2, 0.25) is 10.0 Å². The predicted octanol–water partition coefficient (Wildman–Crippen LogP) is 6.14. The van der Waals surface area contributed by atoms with Gasteiger partial charge in [0.1, 0.15) is 6.61 Å². The van der Waals surface area contributed by atoms with Crippen LogP contribution in [0.3, 0.4) is 0 Å². The third-order valence-corrected chi connectivity index (χ3v) is 4.44. The van der Waals surface area contributed by atoms with Crippen molar-refractivity contribution in [3.8, 4) is 11.5 Å². The van der Waals surface area contributed by atoms with Crippen LogP contribution in [0.15, 0.2) is 36.4 Å². The van der Waals surface area contributed by atoms with Crippen molar-refractivity contribution in [1.29, 1.82) is 0 Å². The molecular formula is C20H26Cl3NO2. The van der Waals surface area contributed by atoms with E-state index in [0.29, 0.717) is 34.1 Å². The minimum Gasteiger partial charge on any atom is -0.493 e. The van der Waals surface area contributed by atoms with Crippen molar-refractivity contribution in [1.82, 2.24) is 5.32 Å². The number of hydrogen-bond donors (Lipinski definition) is 1. The van der Waals surface area contributed by atoms with Crippen molar-refractivity contribution < 1.29 is 9.47 Å². The van der Waals surface area contributed by atoms with E-state index in [4.69, 9.17) is 32.7 Å². The zero-order chi connectivity index (χ0) is 18.2. The lowest BCUT2D eigenvalue weighted by molar-refractivity contribution is 0.284. The SMILES string of the molecule is COc1cc(CNCCC(C)C)ccc1OCc1ccc(Cl)cc1Cl.Cl. The maximum absolute atomic E-state index is 6.18. The number of nitrogens with one attached hydrogen (secondary N) is 1. The fraction of sp³-hybridized carbons (Fsp3) is 0.400. The summed E-state index contributed by atoms with van der Waals surface area (Å²) in [6, 6.07) is 11.4. The van der Waals surface area contributed by atoms with Crippen LogP contribution in [0.1, 0.15) is 31.4 Å². The first-order valence-electron chi connectivity index (χ1n) is 8.44. The lowest BCUT2D eigenvalue weighted by Crippen LogP contribution is -2.16. The van der Waals surface area contributed by atoms with E-state index >= 15 is 0 Å². The lowest BCUT2D eigenvalue weighted by Gasteiger charge is -2.13. The molecule has 2 aromatic carbocycles. The van der Waals surface area contributed by atoms with Crippen molar-refractivity contribution >= 4 is 35.6 Å². The molecule has 2 rings (SSSR count). The molecule has 0 atom stereocenters. The molecular weight excluding hydrogens is 393 g/mol. The largest absolute Gasteiger partial charge is 0.493 e. The Morgan fingerprint density at radius 1 is 1.04 bits per heavy atom. The van der Waals surface area contributed by atoms with Gasteiger partial charge in [0.05, 0.1) is 7.11 Å². The van der Waals surface area contributed by atoms with Crippen molar-refractivity contribution in [3.63, 3.8) is 0 Å². The molecule has 26 heavy (non-hydrogen) atoms. The van der Waals surface area contributed by atoms with Crippen LogP contribution < -0.4 is 14.8 Å². The highest BCUT2D eigenvalue weighted by Gasteiger charge is 2.08. The fourth-order valence-corrected chi connectivity index (χ4v) is 2.82. The summed E-state index contributed by atoms with van der Waals surface area (Å²) < 4.78 is 11.3. The Balaban J connectivity index is 0.00000338. The van der Waals surface area contributed by atoms with Crippen LogP contribution in [-0.4, -0.2) is 13.7 Å². The molecule has 0 bridgehead atoms. The van der Waals surface area contributed by atoms with Gasteiger partial charge >= 0.3 is 0 Å². The van der Waals surface area contributed by atoms with Gasteiger partial charge in [-0.15, -0.1) is 12.4 Å². The van der Waals surface area contributed by atoms with Gasteiger partial charge < -0.3 is 14.8 Å². The molecule has 0 aromatic heterocycles. The van der Waals surface area contributed by atoms with Crippen molar-refractivity contribution in [3.05, 3.63) is 57.6 Å². The first kappa shape index (κ1) is 22.9. The summed E-state index contributed by atoms with van der Waals surface area (Å²) in [6.45, 7) is 6.63. The van der Waals surface area contributed by atoms with Crippen LogP contribution in [-0.2, 0) is 13.2 Å². The summed E-state index contributed by atoms with van der Waals surface area (Å²) in [4.78, 5) is 0. The van der Waals surface area contributed by atoms with E-state index in [2.05, 4.69) is 19.2 Å². The van der Waals surface area contributed by atoms with Crippen molar-refractivity contribution in [2.75, 3.05) is 13.7 Å². The highest BCUT2D eigenvalue weighted by molar-refractivity contribution is 6.35. The molecule has 0 aliphatic heterocycles. The molecule has 0 aliphatic carbocycles. The van der Waals surface area contributed by atoms with Crippen LogP contribution >= 0.6 is 35.6 Å². The quantitative estimate of drug-likeness (QED) is 0.496. The lowest BCUT2D eigenvalue weighted by atomic mass is 10.1. The molecule has 1 N–H and O–H groups in total. The molecule has 0 unspecified atom stereocenters. The van der Waals surface area contributed by atoms with E-state index in [1.165, 1.54) is 6.42 Å². The topological polar surface area (TPSA) is 30.5 Å². The number of ether oxygens (including phenoxy) is 2. The summed E-state index contributed by atoms with van der Waals surface area (Å²) in [5.41, 5.74) is 2.05. The van der Waals surface area contributed by atoms with Gasteiger partial charge in [0.15, 0.2) is 11.5 Å². The summed E-state index contributed by atoms with van der Waals surface area (Å²) in [7, 11) is 1.65. The van der Waals surface area contributed by atoms with Crippen molar-refractivity contribution in [2.24, 2.45) is 5.92 Å². The Labute approximate surface area is 172 Å². The summed E-state index contributed by atoms with van der Waals surface area (Å²) in [5.74, 6) is 2.12. The molecule has 0 heterocycles. The normalized spacial score (nSPS) is 10.5. The molecule has 0 spiro atoms. The molecule has 2 aromatic rings. The van der Waals surface area contributed by atoms with E-state index in [9.17, 15) is 0 Å². The first-order valence-corrected chi connectivity index (χ1v) is 9.19. The van der Waals surface area contributed by atoms with E-state index in [1.807, 2.05) is 24.3 Å². The van der Waals surface area contributed by atoms with Crippen LogP contribution in [0.4, 0.5) is 0 Å². The molecule has 3 nitrogen and oxygen atoms in total. The third-order valence-electron chi connectivity index (χ3n) is 3.85. The number of halogens is 3. The maximum atomic E-state index is 6.18. The van der Waals surface area contributed by atoms with Gasteiger partial charge in [-0.05, 0) is 48.7 Å². The molecule has 0 fully saturated rings. The highest BCUT2D eigenvalue weighted by atomic mass is 35.5. The van der Waals surface area contributed by atoms with Crippen LogP contribution in [0.25, 0.3) is 0 Å². The zero-order valence-electron chi connectivity index (χ0n) is 15.4. The monoisotopic (exact) mass is 417 g/mol.